The van der Waals surface area contributed by atoms with Crippen LogP contribution in [0.25, 0.3) is 0 Å². The number of ether oxygens (including phenoxy) is 1. The molecule has 3 rings (SSSR count). The SMILES string of the molecule is Cc1nc([C@@H]2COCCN2C(=O)c2cc(C(C)(C)C)[nH]n2)cc(=O)[nH]1. The number of aryl methyl sites for hydroxylation is 1. The van der Waals surface area contributed by atoms with Gasteiger partial charge in [-0.05, 0) is 13.0 Å². The second-order valence-electron chi connectivity index (χ2n) is 7.26. The van der Waals surface area contributed by atoms with Crippen LogP contribution >= 0.6 is 0 Å². The topological polar surface area (TPSA) is 104 Å². The smallest absolute Gasteiger partial charge is 0.275 e. The molecule has 25 heavy (non-hydrogen) atoms. The van der Waals surface area contributed by atoms with Gasteiger partial charge in [0.2, 0.25) is 0 Å². The van der Waals surface area contributed by atoms with Crippen LogP contribution in [0, 0.1) is 6.92 Å². The number of nitrogens with one attached hydrogen (secondary N) is 2. The number of aromatic amines is 2. The van der Waals surface area contributed by atoms with Crippen LogP contribution in [-0.4, -0.2) is 50.7 Å². The number of hydrogen-bond acceptors (Lipinski definition) is 5. The van der Waals surface area contributed by atoms with Gasteiger partial charge in [0.15, 0.2) is 0 Å². The molecule has 0 aliphatic carbocycles. The molecule has 1 aliphatic heterocycles. The number of hydrogen-bond donors (Lipinski definition) is 2. The van der Waals surface area contributed by atoms with E-state index >= 15 is 0 Å². The van der Waals surface area contributed by atoms with Gasteiger partial charge in [-0.3, -0.25) is 14.7 Å². The number of rotatable bonds is 2. The van der Waals surface area contributed by atoms with Crippen molar-refractivity contribution in [2.75, 3.05) is 19.8 Å². The molecule has 0 aromatic carbocycles. The molecule has 3 heterocycles. The molecule has 0 spiro atoms. The average Bonchev–Trinajstić information content (AvgIpc) is 3.03. The first-order valence-electron chi connectivity index (χ1n) is 8.28. The Balaban J connectivity index is 1.91. The van der Waals surface area contributed by atoms with Crippen LogP contribution in [0.4, 0.5) is 0 Å². The number of amides is 1. The minimum absolute atomic E-state index is 0.124. The van der Waals surface area contributed by atoms with Gasteiger partial charge in [0.05, 0.1) is 24.9 Å². The predicted octanol–water partition coefficient (Wildman–Crippen LogP) is 1.31. The van der Waals surface area contributed by atoms with Gasteiger partial charge in [0.1, 0.15) is 11.5 Å². The zero-order chi connectivity index (χ0) is 18.2. The first-order valence-corrected chi connectivity index (χ1v) is 8.28. The van der Waals surface area contributed by atoms with Gasteiger partial charge in [0, 0.05) is 23.7 Å². The molecular formula is C17H23N5O3. The Hall–Kier alpha value is -2.48. The molecule has 2 aromatic heterocycles. The third kappa shape index (κ3) is 3.63. The maximum Gasteiger partial charge on any atom is 0.275 e. The summed E-state index contributed by atoms with van der Waals surface area (Å²) >= 11 is 0. The highest BCUT2D eigenvalue weighted by molar-refractivity contribution is 5.92. The molecule has 8 heteroatoms. The standard InChI is InChI=1S/C17H23N5O3/c1-10-18-11(8-15(23)19-10)13-9-25-6-5-22(13)16(24)12-7-14(21-20-12)17(2,3)4/h7-8,13H,5-6,9H2,1-4H3,(H,20,21)(H,18,19,23)/t13-/m0/s1. The van der Waals surface area contributed by atoms with E-state index in [4.69, 9.17) is 4.74 Å². The van der Waals surface area contributed by atoms with Crippen LogP contribution in [0.2, 0.25) is 0 Å². The number of carbonyl (C=O) groups is 1. The Morgan fingerprint density at radius 1 is 1.36 bits per heavy atom. The molecule has 1 aliphatic rings. The van der Waals surface area contributed by atoms with Gasteiger partial charge >= 0.3 is 0 Å². The van der Waals surface area contributed by atoms with Crippen molar-refractivity contribution in [3.63, 3.8) is 0 Å². The molecule has 2 aromatic rings. The van der Waals surface area contributed by atoms with Crippen LogP contribution in [0.5, 0.6) is 0 Å². The van der Waals surface area contributed by atoms with Crippen molar-refractivity contribution in [2.45, 2.75) is 39.2 Å². The first-order chi connectivity index (χ1) is 11.8. The van der Waals surface area contributed by atoms with Gasteiger partial charge in [-0.2, -0.15) is 5.10 Å². The van der Waals surface area contributed by atoms with Crippen LogP contribution in [-0.2, 0) is 10.2 Å². The summed E-state index contributed by atoms with van der Waals surface area (Å²) in [5, 5.41) is 7.11. The molecule has 1 fully saturated rings. The quantitative estimate of drug-likeness (QED) is 0.854. The normalized spacial score (nSPS) is 18.4. The van der Waals surface area contributed by atoms with Gasteiger partial charge in [-0.15, -0.1) is 0 Å². The third-order valence-corrected chi connectivity index (χ3v) is 4.22. The second-order valence-corrected chi connectivity index (χ2v) is 7.26. The summed E-state index contributed by atoms with van der Waals surface area (Å²) in [6.45, 7) is 9.04. The van der Waals surface area contributed by atoms with Gasteiger partial charge in [-0.1, -0.05) is 20.8 Å². The molecule has 0 unspecified atom stereocenters. The molecule has 1 amide bonds. The maximum absolute atomic E-state index is 13.0. The van der Waals surface area contributed by atoms with E-state index in [0.717, 1.165) is 5.69 Å². The minimum Gasteiger partial charge on any atom is -0.377 e. The van der Waals surface area contributed by atoms with E-state index in [1.165, 1.54) is 6.07 Å². The summed E-state index contributed by atoms with van der Waals surface area (Å²) in [6.07, 6.45) is 0. The van der Waals surface area contributed by atoms with Crippen molar-refractivity contribution in [2.24, 2.45) is 0 Å². The van der Waals surface area contributed by atoms with E-state index in [1.54, 1.807) is 17.9 Å². The Morgan fingerprint density at radius 2 is 2.12 bits per heavy atom. The largest absolute Gasteiger partial charge is 0.377 e. The lowest BCUT2D eigenvalue weighted by Gasteiger charge is -2.34. The van der Waals surface area contributed by atoms with Crippen molar-refractivity contribution >= 4 is 5.91 Å². The fourth-order valence-corrected chi connectivity index (χ4v) is 2.83. The monoisotopic (exact) mass is 345 g/mol. The summed E-state index contributed by atoms with van der Waals surface area (Å²) in [5.74, 6) is 0.315. The van der Waals surface area contributed by atoms with Crippen LogP contribution < -0.4 is 5.56 Å². The molecule has 1 saturated heterocycles. The molecule has 0 radical (unpaired) electrons. The summed E-state index contributed by atoms with van der Waals surface area (Å²) in [4.78, 5) is 33.4. The van der Waals surface area contributed by atoms with E-state index in [2.05, 4.69) is 40.9 Å². The van der Waals surface area contributed by atoms with Crippen molar-refractivity contribution in [1.29, 1.82) is 0 Å². The Morgan fingerprint density at radius 3 is 2.76 bits per heavy atom. The van der Waals surface area contributed by atoms with E-state index in [9.17, 15) is 9.59 Å². The average molecular weight is 345 g/mol. The number of nitrogens with zero attached hydrogens (tertiary/aromatic N) is 3. The van der Waals surface area contributed by atoms with E-state index in [0.29, 0.717) is 37.0 Å². The van der Waals surface area contributed by atoms with E-state index < -0.39 is 6.04 Å². The maximum atomic E-state index is 13.0. The molecule has 8 nitrogen and oxygen atoms in total. The number of aromatic nitrogens is 4. The number of morpholine rings is 1. The van der Waals surface area contributed by atoms with Crippen LogP contribution in [0.15, 0.2) is 16.9 Å². The molecule has 0 saturated carbocycles. The molecule has 134 valence electrons. The lowest BCUT2D eigenvalue weighted by Crippen LogP contribution is -2.44. The highest BCUT2D eigenvalue weighted by Crippen LogP contribution is 2.25. The zero-order valence-corrected chi connectivity index (χ0v) is 14.9. The van der Waals surface area contributed by atoms with E-state index in [1.807, 2.05) is 0 Å². The van der Waals surface area contributed by atoms with Crippen molar-refractivity contribution in [3.8, 4) is 0 Å². The minimum atomic E-state index is -0.406. The van der Waals surface area contributed by atoms with Crippen molar-refractivity contribution in [3.05, 3.63) is 45.4 Å². The summed E-state index contributed by atoms with van der Waals surface area (Å²) < 4.78 is 5.52. The van der Waals surface area contributed by atoms with Gasteiger partial charge < -0.3 is 14.6 Å². The van der Waals surface area contributed by atoms with Gasteiger partial charge in [0.25, 0.3) is 11.5 Å². The molecule has 0 bridgehead atoms. The van der Waals surface area contributed by atoms with Gasteiger partial charge in [-0.25, -0.2) is 4.98 Å². The Labute approximate surface area is 145 Å². The summed E-state index contributed by atoms with van der Waals surface area (Å²) in [7, 11) is 0. The van der Waals surface area contributed by atoms with Crippen LogP contribution in [0.1, 0.15) is 54.5 Å². The van der Waals surface area contributed by atoms with Crippen molar-refractivity contribution in [1.82, 2.24) is 25.1 Å². The Bertz CT molecular complexity index is 833. The lowest BCUT2D eigenvalue weighted by molar-refractivity contribution is -0.00432. The summed E-state index contributed by atoms with van der Waals surface area (Å²) in [5.41, 5.74) is 1.42. The number of H-pyrrole nitrogens is 2. The Kier molecular flexibility index (Phi) is 4.47. The third-order valence-electron chi connectivity index (χ3n) is 4.22. The van der Waals surface area contributed by atoms with Crippen LogP contribution in [0.3, 0.4) is 0 Å². The number of carbonyl (C=O) groups excluding carboxylic acids is 1. The van der Waals surface area contributed by atoms with Crippen molar-refractivity contribution < 1.29 is 9.53 Å². The molecular weight excluding hydrogens is 322 g/mol. The fraction of sp³-hybridized carbons (Fsp3) is 0.529. The summed E-state index contributed by atoms with van der Waals surface area (Å²) in [6, 6.07) is 2.79. The molecule has 2 N–H and O–H groups in total. The highest BCUT2D eigenvalue weighted by atomic mass is 16.5. The fourth-order valence-electron chi connectivity index (χ4n) is 2.83. The highest BCUT2D eigenvalue weighted by Gasteiger charge is 2.32. The van der Waals surface area contributed by atoms with E-state index in [-0.39, 0.29) is 16.9 Å². The first kappa shape index (κ1) is 17.3. The lowest BCUT2D eigenvalue weighted by atomic mass is 9.92. The zero-order valence-electron chi connectivity index (χ0n) is 14.9. The predicted molar refractivity (Wildman–Crippen MR) is 91.5 cm³/mol. The second kappa shape index (κ2) is 6.44. The molecule has 1 atom stereocenters.